The summed E-state index contributed by atoms with van der Waals surface area (Å²) in [6.45, 7) is 12.7. The number of nitrogens with zero attached hydrogens (tertiary/aromatic N) is 1. The molecule has 0 bridgehead atoms. The lowest BCUT2D eigenvalue weighted by atomic mass is 10.2. The molecule has 0 rings (SSSR count). The van der Waals surface area contributed by atoms with Crippen LogP contribution in [0, 0.1) is 0 Å². The van der Waals surface area contributed by atoms with Gasteiger partial charge in [-0.15, -0.1) is 0 Å². The van der Waals surface area contributed by atoms with Crippen LogP contribution in [-0.2, 0) is 4.74 Å². The van der Waals surface area contributed by atoms with Crippen LogP contribution in [0.25, 0.3) is 0 Å². The number of hydrogen-bond acceptors (Lipinski definition) is 3. The van der Waals surface area contributed by atoms with E-state index in [1.807, 2.05) is 0 Å². The average Bonchev–Trinajstić information content (AvgIpc) is 2.16. The minimum absolute atomic E-state index is 0.741. The van der Waals surface area contributed by atoms with Gasteiger partial charge >= 0.3 is 0 Å². The smallest absolute Gasteiger partial charge is 0.251 e. The van der Waals surface area contributed by atoms with Gasteiger partial charge < -0.3 is 19.1 Å². The first-order valence-corrected chi connectivity index (χ1v) is 5.32. The Hall–Kier alpha value is -0.770. The van der Waals surface area contributed by atoms with Crippen LogP contribution in [0.4, 0.5) is 4.79 Å². The minimum atomic E-state index is -1.50. The molecule has 0 spiro atoms. The van der Waals surface area contributed by atoms with E-state index in [-0.39, 0.29) is 0 Å². The zero-order valence-corrected chi connectivity index (χ0v) is 11.0. The van der Waals surface area contributed by atoms with Crippen LogP contribution in [0.1, 0.15) is 34.6 Å². The summed E-state index contributed by atoms with van der Waals surface area (Å²) >= 11 is 0. The molecule has 0 aromatic heterocycles. The van der Waals surface area contributed by atoms with Gasteiger partial charge in [-0.25, -0.2) is 0 Å². The molecule has 0 atom stereocenters. The third kappa shape index (κ3) is 6.33. The highest BCUT2D eigenvalue weighted by Crippen LogP contribution is 2.14. The second-order valence-electron chi connectivity index (χ2n) is 4.30. The fraction of sp³-hybridized carbons (Fsp3) is 0.909. The molecular formula is C11H25NO3. The van der Waals surface area contributed by atoms with Crippen LogP contribution in [0.3, 0.4) is 0 Å². The van der Waals surface area contributed by atoms with E-state index in [0.717, 1.165) is 19.2 Å². The van der Waals surface area contributed by atoms with Crippen molar-refractivity contribution in [3.63, 3.8) is 0 Å². The lowest BCUT2D eigenvalue weighted by Crippen LogP contribution is -2.54. The van der Waals surface area contributed by atoms with Crippen LogP contribution < -0.4 is 5.11 Å². The van der Waals surface area contributed by atoms with E-state index < -0.39 is 6.16 Å². The molecule has 0 aliphatic rings. The van der Waals surface area contributed by atoms with Gasteiger partial charge in [0, 0.05) is 7.11 Å². The highest BCUT2D eigenvalue weighted by atomic mass is 16.6. The Morgan fingerprint density at radius 3 is 1.53 bits per heavy atom. The third-order valence-corrected chi connectivity index (χ3v) is 3.21. The molecule has 0 saturated heterocycles. The van der Waals surface area contributed by atoms with Gasteiger partial charge in [0.15, 0.2) is 0 Å². The second-order valence-corrected chi connectivity index (χ2v) is 4.30. The summed E-state index contributed by atoms with van der Waals surface area (Å²) in [6.07, 6.45) is -1.50. The molecule has 0 aliphatic heterocycles. The molecule has 15 heavy (non-hydrogen) atoms. The van der Waals surface area contributed by atoms with Gasteiger partial charge in [0.2, 0.25) is 0 Å². The third-order valence-electron chi connectivity index (χ3n) is 3.21. The van der Waals surface area contributed by atoms with Crippen LogP contribution in [-0.4, -0.2) is 43.4 Å². The van der Waals surface area contributed by atoms with Crippen LogP contribution in [0.5, 0.6) is 0 Å². The molecule has 0 aliphatic carbocycles. The van der Waals surface area contributed by atoms with E-state index in [9.17, 15) is 0 Å². The van der Waals surface area contributed by atoms with Crippen molar-refractivity contribution in [1.29, 1.82) is 0 Å². The average molecular weight is 219 g/mol. The Bertz CT molecular complexity index is 171. The zero-order chi connectivity index (χ0) is 12.6. The number of carbonyl (C=O) groups is 1. The summed E-state index contributed by atoms with van der Waals surface area (Å²) in [5, 5.41) is 9.03. The number of carboxylic acid groups (broad SMARTS) is 1. The second kappa shape index (κ2) is 7.51. The van der Waals surface area contributed by atoms with Crippen LogP contribution >= 0.6 is 0 Å². The maximum Gasteiger partial charge on any atom is 0.251 e. The molecule has 0 N–H and O–H groups in total. The van der Waals surface area contributed by atoms with E-state index in [1.165, 1.54) is 11.0 Å². The SMILES string of the molecule is CC[N+](C)(C(C)C)C(C)C.COC(=O)[O-]. The molecule has 4 nitrogen and oxygen atoms in total. The fourth-order valence-corrected chi connectivity index (χ4v) is 1.33. The molecule has 0 amide bonds. The Labute approximate surface area is 93.4 Å². The number of hydrogen-bond donors (Lipinski definition) is 0. The molecule has 0 aromatic rings. The van der Waals surface area contributed by atoms with E-state index >= 15 is 0 Å². The molecular weight excluding hydrogens is 194 g/mol. The van der Waals surface area contributed by atoms with Gasteiger partial charge in [0.1, 0.15) is 0 Å². The van der Waals surface area contributed by atoms with E-state index in [4.69, 9.17) is 9.90 Å². The number of quaternary nitrogens is 1. The maximum absolute atomic E-state index is 9.03. The molecule has 92 valence electrons. The van der Waals surface area contributed by atoms with E-state index in [1.54, 1.807) is 0 Å². The van der Waals surface area contributed by atoms with E-state index in [0.29, 0.717) is 0 Å². The van der Waals surface area contributed by atoms with Gasteiger partial charge in [-0.2, -0.15) is 0 Å². The number of methoxy groups -OCH3 is 1. The fourth-order valence-electron chi connectivity index (χ4n) is 1.33. The van der Waals surface area contributed by atoms with Crippen molar-refractivity contribution >= 4 is 6.16 Å². The predicted octanol–water partition coefficient (Wildman–Crippen LogP) is 1.25. The van der Waals surface area contributed by atoms with Gasteiger partial charge in [-0.1, -0.05) is 0 Å². The Balaban J connectivity index is 0. The summed E-state index contributed by atoms with van der Waals surface area (Å²) in [4.78, 5) is 9.03. The van der Waals surface area contributed by atoms with Gasteiger partial charge in [0.25, 0.3) is 6.16 Å². The molecule has 0 fully saturated rings. The lowest BCUT2D eigenvalue weighted by Gasteiger charge is -2.41. The molecule has 0 saturated carbocycles. The largest absolute Gasteiger partial charge is 0.553 e. The van der Waals surface area contributed by atoms with Crippen molar-refractivity contribution in [2.75, 3.05) is 20.7 Å². The topological polar surface area (TPSA) is 49.4 Å². The number of carbonyl (C=O) groups excluding carboxylic acids is 1. The van der Waals surface area contributed by atoms with Crippen molar-refractivity contribution in [2.24, 2.45) is 0 Å². The number of rotatable bonds is 3. The molecule has 0 heterocycles. The number of ether oxygens (including phenoxy) is 1. The Morgan fingerprint density at radius 1 is 1.27 bits per heavy atom. The maximum atomic E-state index is 9.03. The van der Waals surface area contributed by atoms with Gasteiger partial charge in [-0.3, -0.25) is 0 Å². The summed E-state index contributed by atoms with van der Waals surface area (Å²) in [5.41, 5.74) is 0. The first-order chi connectivity index (χ1) is 6.72. The normalized spacial score (nSPS) is 11.0. The van der Waals surface area contributed by atoms with Crippen LogP contribution in [0.2, 0.25) is 0 Å². The Morgan fingerprint density at radius 2 is 1.53 bits per heavy atom. The molecule has 0 aromatic carbocycles. The van der Waals surface area contributed by atoms with E-state index in [2.05, 4.69) is 46.4 Å². The van der Waals surface area contributed by atoms with Gasteiger partial charge in [0.05, 0.1) is 25.7 Å². The van der Waals surface area contributed by atoms with Crippen molar-refractivity contribution in [2.45, 2.75) is 46.7 Å². The summed E-state index contributed by atoms with van der Waals surface area (Å²) in [5.74, 6) is 0. The molecule has 0 radical (unpaired) electrons. The van der Waals surface area contributed by atoms with Crippen molar-refractivity contribution in [1.82, 2.24) is 0 Å². The van der Waals surface area contributed by atoms with Crippen molar-refractivity contribution in [3.05, 3.63) is 0 Å². The van der Waals surface area contributed by atoms with Crippen molar-refractivity contribution in [3.8, 4) is 0 Å². The predicted molar refractivity (Wildman–Crippen MR) is 59.4 cm³/mol. The summed E-state index contributed by atoms with van der Waals surface area (Å²) in [7, 11) is 3.37. The van der Waals surface area contributed by atoms with Gasteiger partial charge in [-0.05, 0) is 34.6 Å². The standard InChI is InChI=1S/C9H22N.C2H4O3/c1-7-10(6,8(2)3)9(4)5;1-5-2(3)4/h8-9H,7H2,1-6H3;1H3,(H,3,4)/q+1;/p-1. The summed E-state index contributed by atoms with van der Waals surface area (Å²) < 4.78 is 4.74. The Kier molecular flexibility index (Phi) is 8.34. The first-order valence-electron chi connectivity index (χ1n) is 5.32. The first kappa shape index (κ1) is 16.7. The highest BCUT2D eigenvalue weighted by molar-refractivity contribution is 5.53. The molecule has 4 heteroatoms. The highest BCUT2D eigenvalue weighted by Gasteiger charge is 2.26. The zero-order valence-electron chi connectivity index (χ0n) is 11.0. The molecule has 0 unspecified atom stereocenters. The quantitative estimate of drug-likeness (QED) is 0.530. The lowest BCUT2D eigenvalue weighted by molar-refractivity contribution is -0.947. The van der Waals surface area contributed by atoms with Crippen molar-refractivity contribution < 1.29 is 19.1 Å². The van der Waals surface area contributed by atoms with Crippen LogP contribution in [0.15, 0.2) is 0 Å². The minimum Gasteiger partial charge on any atom is -0.553 e. The monoisotopic (exact) mass is 219 g/mol. The summed E-state index contributed by atoms with van der Waals surface area (Å²) in [6, 6.07) is 1.48.